The van der Waals surface area contributed by atoms with Gasteiger partial charge < -0.3 is 14.6 Å². The van der Waals surface area contributed by atoms with Gasteiger partial charge in [-0.05, 0) is 64.2 Å². The topological polar surface area (TPSA) is 72.8 Å². The molecule has 0 heterocycles. The highest BCUT2D eigenvalue weighted by atomic mass is 16.6. The van der Waals surface area contributed by atoms with Crippen LogP contribution in [0.4, 0.5) is 0 Å². The maximum atomic E-state index is 12.3. The van der Waals surface area contributed by atoms with E-state index in [9.17, 15) is 14.7 Å². The molecule has 358 valence electrons. The Balaban J connectivity index is 3.50. The maximum Gasteiger partial charge on any atom is 0.306 e. The van der Waals surface area contributed by atoms with Gasteiger partial charge in [0.1, 0.15) is 6.61 Å². The van der Waals surface area contributed by atoms with Gasteiger partial charge in [0.05, 0.1) is 6.61 Å². The van der Waals surface area contributed by atoms with Crippen molar-refractivity contribution in [3.63, 3.8) is 0 Å². The van der Waals surface area contributed by atoms with Crippen LogP contribution in [0.2, 0.25) is 0 Å². The van der Waals surface area contributed by atoms with Gasteiger partial charge in [0, 0.05) is 12.8 Å². The van der Waals surface area contributed by atoms with Crippen molar-refractivity contribution in [1.29, 1.82) is 0 Å². The predicted molar refractivity (Wildman–Crippen MR) is 270 cm³/mol. The van der Waals surface area contributed by atoms with Crippen LogP contribution in [0, 0.1) is 0 Å². The van der Waals surface area contributed by atoms with Crippen molar-refractivity contribution in [2.45, 2.75) is 264 Å². The van der Waals surface area contributed by atoms with Gasteiger partial charge in [-0.2, -0.15) is 0 Å². The molecule has 0 aliphatic rings. The molecule has 0 radical (unpaired) electrons. The summed E-state index contributed by atoms with van der Waals surface area (Å²) in [5.74, 6) is -0.584. The molecular formula is C57H100O5. The summed E-state index contributed by atoms with van der Waals surface area (Å²) in [6, 6.07) is 0. The fourth-order valence-corrected chi connectivity index (χ4v) is 7.56. The molecule has 1 N–H and O–H groups in total. The van der Waals surface area contributed by atoms with Crippen LogP contribution in [0.15, 0.2) is 72.9 Å². The van der Waals surface area contributed by atoms with E-state index in [0.29, 0.717) is 12.8 Å². The lowest BCUT2D eigenvalue weighted by atomic mass is 10.0. The maximum absolute atomic E-state index is 12.3. The molecule has 62 heavy (non-hydrogen) atoms. The Bertz CT molecular complexity index is 1110. The molecule has 0 saturated heterocycles. The van der Waals surface area contributed by atoms with Crippen molar-refractivity contribution in [2.24, 2.45) is 0 Å². The Morgan fingerprint density at radius 1 is 0.387 bits per heavy atom. The van der Waals surface area contributed by atoms with Gasteiger partial charge >= 0.3 is 11.9 Å². The van der Waals surface area contributed by atoms with Gasteiger partial charge in [-0.15, -0.1) is 0 Å². The van der Waals surface area contributed by atoms with Crippen molar-refractivity contribution < 1.29 is 24.2 Å². The summed E-state index contributed by atoms with van der Waals surface area (Å²) in [6.07, 6.45) is 71.4. The Morgan fingerprint density at radius 3 is 1.05 bits per heavy atom. The van der Waals surface area contributed by atoms with Crippen LogP contribution in [0.5, 0.6) is 0 Å². The minimum Gasteiger partial charge on any atom is -0.462 e. The summed E-state index contributed by atoms with van der Waals surface area (Å²) in [7, 11) is 0. The van der Waals surface area contributed by atoms with E-state index in [4.69, 9.17) is 9.47 Å². The van der Waals surface area contributed by atoms with E-state index in [2.05, 4.69) is 86.8 Å². The molecule has 0 bridgehead atoms. The molecule has 0 rings (SSSR count). The van der Waals surface area contributed by atoms with Crippen molar-refractivity contribution in [3.05, 3.63) is 72.9 Å². The second kappa shape index (κ2) is 52.7. The second-order valence-electron chi connectivity index (χ2n) is 17.6. The number of allylic oxidation sites excluding steroid dienone is 12. The standard InChI is InChI=1S/C57H100O5/c1-3-5-7-9-11-13-15-17-19-21-22-23-24-25-26-27-28-29-30-31-32-33-34-36-38-40-42-44-46-48-50-52-57(60)62-55(53-58)54-61-56(59)51-49-47-45-43-41-39-37-35-20-18-16-14-12-10-8-6-4-2/h5,7,11,13,17,19,22-23,25-26,28-29,55,58H,3-4,6,8-10,12,14-16,18,20-21,24,27,30-54H2,1-2H3/b7-5-,13-11-,19-17-,23-22-,26-25-,29-28-. The van der Waals surface area contributed by atoms with Crippen LogP contribution in [-0.4, -0.2) is 36.4 Å². The number of carbonyl (C=O) groups excluding carboxylic acids is 2. The molecule has 0 fully saturated rings. The van der Waals surface area contributed by atoms with E-state index in [1.165, 1.54) is 154 Å². The van der Waals surface area contributed by atoms with E-state index in [1.54, 1.807) is 0 Å². The minimum atomic E-state index is -0.774. The molecule has 0 aromatic heterocycles. The first-order valence-electron chi connectivity index (χ1n) is 26.5. The van der Waals surface area contributed by atoms with Crippen LogP contribution in [-0.2, 0) is 19.1 Å². The Hall–Kier alpha value is -2.66. The molecule has 5 nitrogen and oxygen atoms in total. The van der Waals surface area contributed by atoms with Gasteiger partial charge in [-0.25, -0.2) is 0 Å². The number of hydrogen-bond acceptors (Lipinski definition) is 5. The van der Waals surface area contributed by atoms with Crippen LogP contribution in [0.3, 0.4) is 0 Å². The third-order valence-corrected chi connectivity index (χ3v) is 11.5. The minimum absolute atomic E-state index is 0.0651. The summed E-state index contributed by atoms with van der Waals surface area (Å²) >= 11 is 0. The monoisotopic (exact) mass is 865 g/mol. The van der Waals surface area contributed by atoms with Crippen LogP contribution < -0.4 is 0 Å². The predicted octanol–water partition coefficient (Wildman–Crippen LogP) is 17.6. The molecule has 5 heteroatoms. The Kier molecular flexibility index (Phi) is 50.4. The number of aliphatic hydroxyl groups is 1. The number of rotatable bonds is 48. The van der Waals surface area contributed by atoms with Gasteiger partial charge in [0.25, 0.3) is 0 Å². The average Bonchev–Trinajstić information content (AvgIpc) is 3.28. The highest BCUT2D eigenvalue weighted by Crippen LogP contribution is 2.16. The Labute approximate surface area is 384 Å². The van der Waals surface area contributed by atoms with Crippen LogP contribution in [0.25, 0.3) is 0 Å². The van der Waals surface area contributed by atoms with Gasteiger partial charge in [-0.3, -0.25) is 9.59 Å². The number of hydrogen-bond donors (Lipinski definition) is 1. The van der Waals surface area contributed by atoms with E-state index < -0.39 is 6.10 Å². The number of carbonyl (C=O) groups is 2. The van der Waals surface area contributed by atoms with E-state index in [0.717, 1.165) is 77.0 Å². The summed E-state index contributed by atoms with van der Waals surface area (Å²) in [4.78, 5) is 24.5. The zero-order chi connectivity index (χ0) is 44.9. The molecular weight excluding hydrogens is 765 g/mol. The first-order valence-corrected chi connectivity index (χ1v) is 26.5. The first-order chi connectivity index (χ1) is 30.6. The van der Waals surface area contributed by atoms with Crippen molar-refractivity contribution in [3.8, 4) is 0 Å². The molecule has 0 spiro atoms. The largest absolute Gasteiger partial charge is 0.462 e. The molecule has 0 amide bonds. The van der Waals surface area contributed by atoms with Crippen LogP contribution >= 0.6 is 0 Å². The normalized spacial score (nSPS) is 12.8. The lowest BCUT2D eigenvalue weighted by Crippen LogP contribution is -2.28. The highest BCUT2D eigenvalue weighted by molar-refractivity contribution is 5.70. The summed E-state index contributed by atoms with van der Waals surface area (Å²) in [5.41, 5.74) is 0. The summed E-state index contributed by atoms with van der Waals surface area (Å²) in [5, 5.41) is 9.63. The Morgan fingerprint density at radius 2 is 0.694 bits per heavy atom. The smallest absolute Gasteiger partial charge is 0.306 e. The van der Waals surface area contributed by atoms with Gasteiger partial charge in [0.2, 0.25) is 0 Å². The zero-order valence-electron chi connectivity index (χ0n) is 40.9. The third-order valence-electron chi connectivity index (χ3n) is 11.5. The molecule has 1 atom stereocenters. The zero-order valence-corrected chi connectivity index (χ0v) is 40.9. The van der Waals surface area contributed by atoms with Crippen molar-refractivity contribution >= 4 is 11.9 Å². The fraction of sp³-hybridized carbons (Fsp3) is 0.754. The summed E-state index contributed by atoms with van der Waals surface area (Å²) < 4.78 is 10.7. The summed E-state index contributed by atoms with van der Waals surface area (Å²) in [6.45, 7) is 4.05. The fourth-order valence-electron chi connectivity index (χ4n) is 7.56. The van der Waals surface area contributed by atoms with Crippen molar-refractivity contribution in [1.82, 2.24) is 0 Å². The van der Waals surface area contributed by atoms with Gasteiger partial charge in [-0.1, -0.05) is 254 Å². The SMILES string of the molecule is CC/C=C\C/C=C\C/C=C\C/C=C\C/C=C\C/C=C\CCCCCCCCCCCCCCC(=O)OC(CO)COC(=O)CCCCCCCCCCCCCCCCCCC. The first kappa shape index (κ1) is 59.3. The highest BCUT2D eigenvalue weighted by Gasteiger charge is 2.16. The van der Waals surface area contributed by atoms with E-state index in [1.807, 2.05) is 0 Å². The second-order valence-corrected chi connectivity index (χ2v) is 17.6. The number of unbranched alkanes of at least 4 members (excludes halogenated alkanes) is 28. The van der Waals surface area contributed by atoms with E-state index in [-0.39, 0.29) is 25.2 Å². The number of esters is 2. The van der Waals surface area contributed by atoms with Gasteiger partial charge in [0.15, 0.2) is 6.10 Å². The molecule has 0 aromatic rings. The molecule has 1 unspecified atom stereocenters. The van der Waals surface area contributed by atoms with E-state index >= 15 is 0 Å². The van der Waals surface area contributed by atoms with Crippen LogP contribution in [0.1, 0.15) is 258 Å². The molecule has 0 aromatic carbocycles. The lowest BCUT2D eigenvalue weighted by Gasteiger charge is -2.15. The molecule has 0 aliphatic carbocycles. The quantitative estimate of drug-likeness (QED) is 0.0375. The number of aliphatic hydroxyl groups excluding tert-OH is 1. The third kappa shape index (κ3) is 50.0. The lowest BCUT2D eigenvalue weighted by molar-refractivity contribution is -0.161. The van der Waals surface area contributed by atoms with Crippen molar-refractivity contribution in [2.75, 3.05) is 13.2 Å². The molecule has 0 aliphatic heterocycles. The molecule has 0 saturated carbocycles. The average molecular weight is 865 g/mol. The number of ether oxygens (including phenoxy) is 2.